The van der Waals surface area contributed by atoms with Gasteiger partial charge in [0, 0.05) is 36.9 Å². The Morgan fingerprint density at radius 1 is 1.23 bits per heavy atom. The number of aromatic nitrogens is 2. The normalized spacial score (nSPS) is 15.4. The summed E-state index contributed by atoms with van der Waals surface area (Å²) in [5.41, 5.74) is 2.45. The second-order valence-corrected chi connectivity index (χ2v) is 11.8. The zero-order chi connectivity index (χ0) is 29.2. The maximum Gasteiger partial charge on any atom is 0.272 e. The van der Waals surface area contributed by atoms with Gasteiger partial charge >= 0.3 is 0 Å². The molecular formula is C27H33N5O7S. The average Bonchev–Trinajstić information content (AvgIpc) is 3.52. The highest BCUT2D eigenvalue weighted by Crippen LogP contribution is 2.36. The van der Waals surface area contributed by atoms with Crippen LogP contribution in [0.3, 0.4) is 0 Å². The van der Waals surface area contributed by atoms with E-state index >= 15 is 0 Å². The van der Waals surface area contributed by atoms with E-state index in [9.17, 15) is 23.3 Å². The van der Waals surface area contributed by atoms with E-state index in [1.807, 2.05) is 32.0 Å². The third-order valence-electron chi connectivity index (χ3n) is 6.42. The third-order valence-corrected chi connectivity index (χ3v) is 8.10. The number of benzene rings is 2. The summed E-state index contributed by atoms with van der Waals surface area (Å²) in [6, 6.07) is 8.57. The molecule has 1 aliphatic heterocycles. The minimum Gasteiger partial charge on any atom is -0.437 e. The van der Waals surface area contributed by atoms with Gasteiger partial charge in [-0.1, -0.05) is 12.1 Å². The second kappa shape index (κ2) is 11.7. The van der Waals surface area contributed by atoms with E-state index < -0.39 is 37.5 Å². The fraction of sp³-hybridized carbons (Fsp3) is 0.407. The van der Waals surface area contributed by atoms with Crippen LogP contribution in [0.2, 0.25) is 0 Å². The Kier molecular flexibility index (Phi) is 8.57. The number of carbonyl (C=O) groups is 1. The van der Waals surface area contributed by atoms with Gasteiger partial charge in [-0.2, -0.15) is 9.78 Å². The molecule has 1 amide bonds. The maximum atomic E-state index is 13.2. The number of non-ortho nitro benzene ring substituents is 1. The fourth-order valence-electron chi connectivity index (χ4n) is 4.41. The molecule has 0 radical (unpaired) electrons. The molecule has 0 spiro atoms. The summed E-state index contributed by atoms with van der Waals surface area (Å²) < 4.78 is 42.0. The summed E-state index contributed by atoms with van der Waals surface area (Å²) >= 11 is 0. The average molecular weight is 572 g/mol. The molecule has 1 aliphatic rings. The SMILES string of the molecule is Cc1ccc(C)c(-n2nc(C(=O)NC[C@H]3CCCO3)c(C)c2Oc2ccc([N+](=O)[O-])cc2S(=O)(=O)NC(C)C)c1. The number of rotatable bonds is 10. The minimum absolute atomic E-state index is 0.0672. The van der Waals surface area contributed by atoms with Gasteiger partial charge in [-0.05, 0) is 70.7 Å². The van der Waals surface area contributed by atoms with Gasteiger partial charge in [0.25, 0.3) is 11.6 Å². The van der Waals surface area contributed by atoms with E-state index in [1.54, 1.807) is 20.8 Å². The van der Waals surface area contributed by atoms with Crippen LogP contribution in [-0.4, -0.2) is 54.3 Å². The number of sulfonamides is 1. The Morgan fingerprint density at radius 2 is 1.98 bits per heavy atom. The lowest BCUT2D eigenvalue weighted by Crippen LogP contribution is -2.32. The predicted molar refractivity (Wildman–Crippen MR) is 148 cm³/mol. The topological polar surface area (TPSA) is 155 Å². The first-order valence-corrected chi connectivity index (χ1v) is 14.4. The van der Waals surface area contributed by atoms with Crippen LogP contribution in [0.1, 0.15) is 53.9 Å². The summed E-state index contributed by atoms with van der Waals surface area (Å²) in [5.74, 6) is -0.481. The number of aryl methyl sites for hydroxylation is 2. The molecule has 0 aliphatic carbocycles. The summed E-state index contributed by atoms with van der Waals surface area (Å²) in [5, 5.41) is 18.9. The molecule has 214 valence electrons. The molecule has 2 N–H and O–H groups in total. The lowest BCUT2D eigenvalue weighted by atomic mass is 10.1. The number of hydrogen-bond acceptors (Lipinski definition) is 8. The highest BCUT2D eigenvalue weighted by molar-refractivity contribution is 7.89. The zero-order valence-electron chi connectivity index (χ0n) is 23.1. The smallest absolute Gasteiger partial charge is 0.272 e. The van der Waals surface area contributed by atoms with Gasteiger partial charge in [-0.15, -0.1) is 0 Å². The molecule has 1 atom stereocenters. The molecule has 0 bridgehead atoms. The van der Waals surface area contributed by atoms with Crippen LogP contribution in [0.15, 0.2) is 41.3 Å². The molecule has 1 fully saturated rings. The minimum atomic E-state index is -4.20. The van der Waals surface area contributed by atoms with Crippen molar-refractivity contribution in [2.75, 3.05) is 13.2 Å². The highest BCUT2D eigenvalue weighted by Gasteiger charge is 2.29. The first-order chi connectivity index (χ1) is 18.9. The summed E-state index contributed by atoms with van der Waals surface area (Å²) in [7, 11) is -4.20. The van der Waals surface area contributed by atoms with Gasteiger partial charge in [0.15, 0.2) is 5.69 Å². The molecule has 2 aromatic carbocycles. The molecule has 1 saturated heterocycles. The number of amides is 1. The summed E-state index contributed by atoms with van der Waals surface area (Å²) in [6.45, 7) is 9.69. The van der Waals surface area contributed by atoms with E-state index in [0.717, 1.165) is 36.1 Å². The monoisotopic (exact) mass is 571 g/mol. The van der Waals surface area contributed by atoms with Gasteiger partial charge in [-0.25, -0.2) is 13.1 Å². The Labute approximate surface area is 232 Å². The van der Waals surface area contributed by atoms with Crippen LogP contribution in [0, 0.1) is 30.9 Å². The van der Waals surface area contributed by atoms with E-state index in [1.165, 1.54) is 10.7 Å². The molecule has 4 rings (SSSR count). The van der Waals surface area contributed by atoms with Gasteiger partial charge in [0.1, 0.15) is 10.6 Å². The van der Waals surface area contributed by atoms with Crippen LogP contribution < -0.4 is 14.8 Å². The van der Waals surface area contributed by atoms with E-state index in [4.69, 9.17) is 9.47 Å². The Hall–Kier alpha value is -3.81. The van der Waals surface area contributed by atoms with Crippen molar-refractivity contribution in [1.29, 1.82) is 0 Å². The largest absolute Gasteiger partial charge is 0.437 e. The fourth-order valence-corrected chi connectivity index (χ4v) is 5.80. The molecule has 0 saturated carbocycles. The van der Waals surface area contributed by atoms with Crippen LogP contribution in [-0.2, 0) is 14.8 Å². The first-order valence-electron chi connectivity index (χ1n) is 12.9. The Morgan fingerprint density at radius 3 is 2.62 bits per heavy atom. The van der Waals surface area contributed by atoms with Crippen molar-refractivity contribution in [3.63, 3.8) is 0 Å². The third kappa shape index (κ3) is 6.32. The summed E-state index contributed by atoms with van der Waals surface area (Å²) in [4.78, 5) is 23.6. The van der Waals surface area contributed by atoms with Crippen LogP contribution in [0.25, 0.3) is 5.69 Å². The first kappa shape index (κ1) is 29.2. The molecule has 1 aromatic heterocycles. The van der Waals surface area contributed by atoms with Gasteiger partial charge in [-0.3, -0.25) is 14.9 Å². The van der Waals surface area contributed by atoms with Crippen LogP contribution in [0.4, 0.5) is 5.69 Å². The number of ether oxygens (including phenoxy) is 2. The van der Waals surface area contributed by atoms with Crippen molar-refractivity contribution in [2.45, 2.75) is 64.5 Å². The number of nitrogens with zero attached hydrogens (tertiary/aromatic N) is 3. The van der Waals surface area contributed by atoms with Gasteiger partial charge < -0.3 is 14.8 Å². The van der Waals surface area contributed by atoms with E-state index in [0.29, 0.717) is 24.4 Å². The lowest BCUT2D eigenvalue weighted by molar-refractivity contribution is -0.385. The van der Waals surface area contributed by atoms with Crippen molar-refractivity contribution < 1.29 is 27.6 Å². The Balaban J connectivity index is 1.83. The standard InChI is InChI=1S/C27H33N5O7S/c1-16(2)30-40(36,37)24-14-20(32(34)35)10-11-23(24)39-27-19(5)25(26(33)28-15-21-7-6-12-38-21)29-31(27)22-13-17(3)8-9-18(22)4/h8-11,13-14,16,21,30H,6-7,12,15H2,1-5H3,(H,28,33)/t21-/m1/s1. The molecular weight excluding hydrogens is 538 g/mol. The van der Waals surface area contributed by atoms with Crippen molar-refractivity contribution in [1.82, 2.24) is 19.8 Å². The number of nitro benzene ring substituents is 1. The molecule has 0 unspecified atom stereocenters. The number of nitro groups is 1. The van der Waals surface area contributed by atoms with Gasteiger partial charge in [0.2, 0.25) is 15.9 Å². The molecule has 13 heteroatoms. The molecule has 40 heavy (non-hydrogen) atoms. The van der Waals surface area contributed by atoms with Crippen molar-refractivity contribution in [3.05, 3.63) is 68.9 Å². The van der Waals surface area contributed by atoms with Gasteiger partial charge in [0.05, 0.1) is 16.7 Å². The second-order valence-electron chi connectivity index (χ2n) is 10.1. The molecule has 2 heterocycles. The van der Waals surface area contributed by atoms with Crippen molar-refractivity contribution >= 4 is 21.6 Å². The molecule has 3 aromatic rings. The number of nitrogens with one attached hydrogen (secondary N) is 2. The van der Waals surface area contributed by atoms with Crippen LogP contribution >= 0.6 is 0 Å². The summed E-state index contributed by atoms with van der Waals surface area (Å²) in [6.07, 6.45) is 1.72. The van der Waals surface area contributed by atoms with Crippen LogP contribution in [0.5, 0.6) is 11.6 Å². The van der Waals surface area contributed by atoms with E-state index in [-0.39, 0.29) is 23.4 Å². The molecule has 12 nitrogen and oxygen atoms in total. The number of carbonyl (C=O) groups excluding carboxylic acids is 1. The Bertz CT molecular complexity index is 1540. The lowest BCUT2D eigenvalue weighted by Gasteiger charge is -2.16. The number of hydrogen-bond donors (Lipinski definition) is 2. The predicted octanol–water partition coefficient (Wildman–Crippen LogP) is 4.09. The van der Waals surface area contributed by atoms with Crippen molar-refractivity contribution in [3.8, 4) is 17.3 Å². The van der Waals surface area contributed by atoms with Crippen molar-refractivity contribution in [2.24, 2.45) is 0 Å². The highest BCUT2D eigenvalue weighted by atomic mass is 32.2. The quantitative estimate of drug-likeness (QED) is 0.272. The maximum absolute atomic E-state index is 13.2. The zero-order valence-corrected chi connectivity index (χ0v) is 23.9. The van der Waals surface area contributed by atoms with E-state index in [2.05, 4.69) is 15.1 Å².